The molecule has 2 nitrogen and oxygen atoms in total. The standard InChI is InChI=1S/C16H17NO/c1-17-12-6-8-14-7-5-11-16(13-14)18-15-9-3-2-4-10-15/h2-11,13,17H,12H2,1H3. The zero-order valence-corrected chi connectivity index (χ0v) is 10.5. The van der Waals surface area contributed by atoms with E-state index in [1.54, 1.807) is 0 Å². The number of ether oxygens (including phenoxy) is 1. The van der Waals surface area contributed by atoms with Crippen LogP contribution in [0.15, 0.2) is 60.7 Å². The summed E-state index contributed by atoms with van der Waals surface area (Å²) in [7, 11) is 1.93. The highest BCUT2D eigenvalue weighted by molar-refractivity contribution is 5.52. The maximum absolute atomic E-state index is 5.78. The number of rotatable bonds is 5. The van der Waals surface area contributed by atoms with Gasteiger partial charge in [-0.1, -0.05) is 42.5 Å². The summed E-state index contributed by atoms with van der Waals surface area (Å²) < 4.78 is 5.78. The average molecular weight is 239 g/mol. The molecule has 0 heterocycles. The Bertz CT molecular complexity index is 506. The number of nitrogens with one attached hydrogen (secondary N) is 1. The van der Waals surface area contributed by atoms with Gasteiger partial charge in [0.25, 0.3) is 0 Å². The van der Waals surface area contributed by atoms with Crippen LogP contribution in [0.2, 0.25) is 0 Å². The molecule has 0 aliphatic heterocycles. The summed E-state index contributed by atoms with van der Waals surface area (Å²) in [6.45, 7) is 0.865. The summed E-state index contributed by atoms with van der Waals surface area (Å²) in [6.07, 6.45) is 4.16. The predicted molar refractivity (Wildman–Crippen MR) is 75.9 cm³/mol. The van der Waals surface area contributed by atoms with E-state index >= 15 is 0 Å². The fraction of sp³-hybridized carbons (Fsp3) is 0.125. The summed E-state index contributed by atoms with van der Waals surface area (Å²) in [5, 5.41) is 3.07. The van der Waals surface area contributed by atoms with Crippen LogP contribution in [-0.4, -0.2) is 13.6 Å². The van der Waals surface area contributed by atoms with Crippen molar-refractivity contribution in [3.63, 3.8) is 0 Å². The molecule has 0 radical (unpaired) electrons. The van der Waals surface area contributed by atoms with E-state index in [0.29, 0.717) is 0 Å². The van der Waals surface area contributed by atoms with Gasteiger partial charge in [-0.2, -0.15) is 0 Å². The molecule has 18 heavy (non-hydrogen) atoms. The van der Waals surface area contributed by atoms with Crippen LogP contribution in [0.1, 0.15) is 5.56 Å². The van der Waals surface area contributed by atoms with Gasteiger partial charge in [-0.05, 0) is 36.9 Å². The van der Waals surface area contributed by atoms with Gasteiger partial charge in [-0.3, -0.25) is 0 Å². The second-order valence-electron chi connectivity index (χ2n) is 3.95. The molecule has 0 spiro atoms. The van der Waals surface area contributed by atoms with E-state index < -0.39 is 0 Å². The fourth-order valence-electron chi connectivity index (χ4n) is 1.62. The Morgan fingerprint density at radius 2 is 1.78 bits per heavy atom. The van der Waals surface area contributed by atoms with E-state index in [9.17, 15) is 0 Å². The van der Waals surface area contributed by atoms with E-state index in [2.05, 4.69) is 23.5 Å². The molecule has 2 aromatic carbocycles. The highest BCUT2D eigenvalue weighted by Gasteiger charge is 1.96. The van der Waals surface area contributed by atoms with E-state index in [-0.39, 0.29) is 0 Å². The maximum Gasteiger partial charge on any atom is 0.128 e. The van der Waals surface area contributed by atoms with Gasteiger partial charge in [-0.25, -0.2) is 0 Å². The SMILES string of the molecule is CNCC=Cc1cccc(Oc2ccccc2)c1. The van der Waals surface area contributed by atoms with Gasteiger partial charge >= 0.3 is 0 Å². The Morgan fingerprint density at radius 3 is 2.56 bits per heavy atom. The lowest BCUT2D eigenvalue weighted by Gasteiger charge is -2.05. The summed E-state index contributed by atoms with van der Waals surface area (Å²) in [6, 6.07) is 17.8. The molecule has 0 aliphatic carbocycles. The minimum Gasteiger partial charge on any atom is -0.457 e. The smallest absolute Gasteiger partial charge is 0.128 e. The van der Waals surface area contributed by atoms with Crippen molar-refractivity contribution >= 4 is 6.08 Å². The van der Waals surface area contributed by atoms with Gasteiger partial charge in [0.1, 0.15) is 11.5 Å². The maximum atomic E-state index is 5.78. The molecule has 0 fully saturated rings. The number of hydrogen-bond donors (Lipinski definition) is 1. The van der Waals surface area contributed by atoms with Crippen LogP contribution in [0.25, 0.3) is 6.08 Å². The monoisotopic (exact) mass is 239 g/mol. The van der Waals surface area contributed by atoms with E-state index in [4.69, 9.17) is 4.74 Å². The van der Waals surface area contributed by atoms with Crippen LogP contribution in [0, 0.1) is 0 Å². The van der Waals surface area contributed by atoms with Gasteiger partial charge in [0.2, 0.25) is 0 Å². The molecule has 0 atom stereocenters. The second kappa shape index (κ2) is 6.62. The molecule has 0 saturated heterocycles. The van der Waals surface area contributed by atoms with Crippen molar-refractivity contribution in [2.75, 3.05) is 13.6 Å². The average Bonchev–Trinajstić information content (AvgIpc) is 2.41. The highest BCUT2D eigenvalue weighted by Crippen LogP contribution is 2.22. The normalized spacial score (nSPS) is 10.7. The summed E-state index contributed by atoms with van der Waals surface area (Å²) in [5.41, 5.74) is 1.14. The molecule has 0 unspecified atom stereocenters. The molecule has 0 aliphatic rings. The Kier molecular flexibility index (Phi) is 4.56. The number of para-hydroxylation sites is 1. The molecule has 2 rings (SSSR count). The lowest BCUT2D eigenvalue weighted by molar-refractivity contribution is 0.482. The van der Waals surface area contributed by atoms with E-state index in [0.717, 1.165) is 23.6 Å². The van der Waals surface area contributed by atoms with Gasteiger partial charge in [0.05, 0.1) is 0 Å². The highest BCUT2D eigenvalue weighted by atomic mass is 16.5. The van der Waals surface area contributed by atoms with Gasteiger partial charge in [-0.15, -0.1) is 0 Å². The minimum absolute atomic E-state index is 0.854. The minimum atomic E-state index is 0.854. The first kappa shape index (κ1) is 12.4. The van der Waals surface area contributed by atoms with Crippen LogP contribution in [0.4, 0.5) is 0 Å². The van der Waals surface area contributed by atoms with Crippen molar-refractivity contribution in [2.24, 2.45) is 0 Å². The van der Waals surface area contributed by atoms with Crippen LogP contribution >= 0.6 is 0 Å². The summed E-state index contributed by atoms with van der Waals surface area (Å²) >= 11 is 0. The first-order chi connectivity index (χ1) is 8.88. The Morgan fingerprint density at radius 1 is 1.00 bits per heavy atom. The number of hydrogen-bond acceptors (Lipinski definition) is 2. The Labute approximate surface area is 108 Å². The molecule has 0 amide bonds. The fourth-order valence-corrected chi connectivity index (χ4v) is 1.62. The van der Waals surface area contributed by atoms with Crippen LogP contribution in [-0.2, 0) is 0 Å². The van der Waals surface area contributed by atoms with Crippen molar-refractivity contribution in [1.82, 2.24) is 5.32 Å². The molecule has 0 aromatic heterocycles. The van der Waals surface area contributed by atoms with Crippen molar-refractivity contribution in [1.29, 1.82) is 0 Å². The third kappa shape index (κ3) is 3.75. The van der Waals surface area contributed by atoms with Crippen LogP contribution in [0.5, 0.6) is 11.5 Å². The second-order valence-corrected chi connectivity index (χ2v) is 3.95. The van der Waals surface area contributed by atoms with Crippen molar-refractivity contribution in [2.45, 2.75) is 0 Å². The third-order valence-corrected chi connectivity index (χ3v) is 2.47. The van der Waals surface area contributed by atoms with Gasteiger partial charge in [0, 0.05) is 6.54 Å². The van der Waals surface area contributed by atoms with Crippen molar-refractivity contribution in [3.8, 4) is 11.5 Å². The topological polar surface area (TPSA) is 21.3 Å². The zero-order chi connectivity index (χ0) is 12.6. The quantitative estimate of drug-likeness (QED) is 0.858. The van der Waals surface area contributed by atoms with Crippen molar-refractivity contribution in [3.05, 3.63) is 66.2 Å². The van der Waals surface area contributed by atoms with Crippen LogP contribution < -0.4 is 10.1 Å². The number of benzene rings is 2. The first-order valence-electron chi connectivity index (χ1n) is 6.02. The molecule has 92 valence electrons. The third-order valence-electron chi connectivity index (χ3n) is 2.47. The van der Waals surface area contributed by atoms with Gasteiger partial charge < -0.3 is 10.1 Å². The zero-order valence-electron chi connectivity index (χ0n) is 10.5. The van der Waals surface area contributed by atoms with Gasteiger partial charge in [0.15, 0.2) is 0 Å². The molecular weight excluding hydrogens is 222 g/mol. The largest absolute Gasteiger partial charge is 0.457 e. The first-order valence-corrected chi connectivity index (χ1v) is 6.02. The molecular formula is C16H17NO. The van der Waals surface area contributed by atoms with E-state index in [1.165, 1.54) is 0 Å². The Hall–Kier alpha value is -2.06. The van der Waals surface area contributed by atoms with Crippen LogP contribution in [0.3, 0.4) is 0 Å². The lowest BCUT2D eigenvalue weighted by atomic mass is 10.2. The summed E-state index contributed by atoms with van der Waals surface area (Å²) in [5.74, 6) is 1.71. The number of likely N-dealkylation sites (N-methyl/N-ethyl adjacent to an activating group) is 1. The molecule has 2 heteroatoms. The van der Waals surface area contributed by atoms with E-state index in [1.807, 2.05) is 55.6 Å². The molecule has 0 saturated carbocycles. The summed E-state index contributed by atoms with van der Waals surface area (Å²) in [4.78, 5) is 0. The predicted octanol–water partition coefficient (Wildman–Crippen LogP) is 3.71. The molecule has 1 N–H and O–H groups in total. The molecule has 0 bridgehead atoms. The Balaban J connectivity index is 2.08. The lowest BCUT2D eigenvalue weighted by Crippen LogP contribution is -2.03. The molecule has 2 aromatic rings. The van der Waals surface area contributed by atoms with Crippen molar-refractivity contribution < 1.29 is 4.74 Å².